The van der Waals surface area contributed by atoms with Crippen LogP contribution in [0, 0.1) is 13.8 Å². The molecule has 0 radical (unpaired) electrons. The van der Waals surface area contributed by atoms with E-state index in [2.05, 4.69) is 15.6 Å². The van der Waals surface area contributed by atoms with Crippen LogP contribution in [-0.4, -0.2) is 23.3 Å². The van der Waals surface area contributed by atoms with Crippen LogP contribution >= 0.6 is 0 Å². The van der Waals surface area contributed by atoms with Gasteiger partial charge in [0.15, 0.2) is 5.69 Å². The molecule has 2 aromatic carbocycles. The van der Waals surface area contributed by atoms with Crippen LogP contribution in [0.15, 0.2) is 47.1 Å². The Labute approximate surface area is 139 Å². The van der Waals surface area contributed by atoms with E-state index < -0.39 is 0 Å². The van der Waals surface area contributed by atoms with E-state index in [-0.39, 0.29) is 11.7 Å². The van der Waals surface area contributed by atoms with Gasteiger partial charge in [-0.15, -0.1) is 0 Å². The lowest BCUT2D eigenvalue weighted by molar-refractivity contribution is 0.102. The first-order valence-corrected chi connectivity index (χ1v) is 7.44. The van der Waals surface area contributed by atoms with Crippen LogP contribution in [0.5, 0.6) is 5.75 Å². The fraction of sp³-hybridized carbons (Fsp3) is 0.167. The lowest BCUT2D eigenvalue weighted by Gasteiger charge is -2.07. The molecule has 3 rings (SSSR count). The molecule has 24 heavy (non-hydrogen) atoms. The highest BCUT2D eigenvalue weighted by Gasteiger charge is 2.17. The van der Waals surface area contributed by atoms with E-state index in [1.54, 1.807) is 19.2 Å². The molecule has 0 atom stereocenters. The van der Waals surface area contributed by atoms with Crippen molar-refractivity contribution in [1.82, 2.24) is 10.3 Å². The molecule has 0 saturated heterocycles. The number of nitrogens with zero attached hydrogens (tertiary/aromatic N) is 2. The topological polar surface area (TPSA) is 77.2 Å². The lowest BCUT2D eigenvalue weighted by Crippen LogP contribution is -2.12. The predicted octanol–water partition coefficient (Wildman–Crippen LogP) is 3.61. The quantitative estimate of drug-likeness (QED) is 0.793. The Morgan fingerprint density at radius 1 is 1.08 bits per heavy atom. The van der Waals surface area contributed by atoms with E-state index in [4.69, 9.17) is 9.37 Å². The van der Waals surface area contributed by atoms with E-state index in [1.165, 1.54) is 0 Å². The van der Waals surface area contributed by atoms with Gasteiger partial charge in [-0.3, -0.25) is 4.79 Å². The van der Waals surface area contributed by atoms with E-state index >= 15 is 0 Å². The third-order valence-corrected chi connectivity index (χ3v) is 3.72. The van der Waals surface area contributed by atoms with Crippen molar-refractivity contribution in [3.8, 4) is 17.0 Å². The Bertz CT molecular complexity index is 869. The van der Waals surface area contributed by atoms with Gasteiger partial charge in [-0.25, -0.2) is 4.63 Å². The van der Waals surface area contributed by atoms with Crippen LogP contribution in [0.25, 0.3) is 11.3 Å². The van der Waals surface area contributed by atoms with Crippen molar-refractivity contribution in [3.63, 3.8) is 0 Å². The van der Waals surface area contributed by atoms with Crippen molar-refractivity contribution < 1.29 is 14.2 Å². The first-order valence-electron chi connectivity index (χ1n) is 7.44. The summed E-state index contributed by atoms with van der Waals surface area (Å²) in [4.78, 5) is 12.4. The molecular formula is C18H17N3O3. The van der Waals surface area contributed by atoms with Gasteiger partial charge in [0, 0.05) is 11.1 Å². The highest BCUT2D eigenvalue weighted by Crippen LogP contribution is 2.30. The molecule has 1 N–H and O–H groups in total. The number of benzene rings is 2. The Balaban J connectivity index is 1.88. The summed E-state index contributed by atoms with van der Waals surface area (Å²) in [5, 5.41) is 10.5. The van der Waals surface area contributed by atoms with E-state index in [1.807, 2.05) is 44.2 Å². The van der Waals surface area contributed by atoms with Gasteiger partial charge in [-0.05, 0) is 60.1 Å². The number of aromatic nitrogens is 2. The van der Waals surface area contributed by atoms with Crippen molar-refractivity contribution in [2.75, 3.05) is 12.4 Å². The molecule has 6 heteroatoms. The summed E-state index contributed by atoms with van der Waals surface area (Å²) >= 11 is 0. The van der Waals surface area contributed by atoms with Crippen LogP contribution in [0.1, 0.15) is 21.5 Å². The Morgan fingerprint density at radius 3 is 2.50 bits per heavy atom. The number of rotatable bonds is 4. The fourth-order valence-electron chi connectivity index (χ4n) is 2.36. The summed E-state index contributed by atoms with van der Waals surface area (Å²) in [5.74, 6) is 0.768. The summed E-state index contributed by atoms with van der Waals surface area (Å²) in [6.45, 7) is 3.89. The number of amides is 1. The highest BCUT2D eigenvalue weighted by atomic mass is 16.6. The lowest BCUT2D eigenvalue weighted by atomic mass is 10.1. The van der Waals surface area contributed by atoms with E-state index in [0.29, 0.717) is 11.3 Å². The zero-order chi connectivity index (χ0) is 17.1. The average Bonchev–Trinajstić information content (AvgIpc) is 3.03. The summed E-state index contributed by atoms with van der Waals surface area (Å²) in [7, 11) is 1.61. The maximum Gasteiger partial charge on any atom is 0.256 e. The molecule has 0 spiro atoms. The number of anilines is 1. The Hall–Kier alpha value is -3.15. The first-order chi connectivity index (χ1) is 11.6. The molecule has 1 heterocycles. The van der Waals surface area contributed by atoms with Crippen molar-refractivity contribution >= 4 is 11.7 Å². The maximum absolute atomic E-state index is 12.4. The Morgan fingerprint density at radius 2 is 1.83 bits per heavy atom. The van der Waals surface area contributed by atoms with Gasteiger partial charge in [0.1, 0.15) is 5.75 Å². The van der Waals surface area contributed by atoms with Crippen molar-refractivity contribution in [2.45, 2.75) is 13.8 Å². The first kappa shape index (κ1) is 15.7. The third-order valence-electron chi connectivity index (χ3n) is 3.72. The van der Waals surface area contributed by atoms with E-state index in [9.17, 15) is 4.79 Å². The minimum atomic E-state index is -0.266. The number of carbonyl (C=O) groups excluding carboxylic acids is 1. The number of nitrogens with one attached hydrogen (secondary N) is 1. The molecule has 0 bridgehead atoms. The molecule has 122 valence electrons. The SMILES string of the molecule is COc1ccc(-c2nonc2NC(=O)c2ccc(C)cc2)c(C)c1. The van der Waals surface area contributed by atoms with Gasteiger partial charge in [-0.2, -0.15) is 0 Å². The largest absolute Gasteiger partial charge is 0.497 e. The second-order valence-electron chi connectivity index (χ2n) is 5.46. The van der Waals surface area contributed by atoms with Crippen LogP contribution in [0.2, 0.25) is 0 Å². The minimum Gasteiger partial charge on any atom is -0.497 e. The normalized spacial score (nSPS) is 10.5. The van der Waals surface area contributed by atoms with Crippen molar-refractivity contribution in [1.29, 1.82) is 0 Å². The standard InChI is InChI=1S/C18H17N3O3/c1-11-4-6-13(7-5-11)18(22)19-17-16(20-24-21-17)15-9-8-14(23-3)10-12(15)2/h4-10H,1-3H3,(H,19,21,22). The molecular weight excluding hydrogens is 306 g/mol. The molecule has 0 aliphatic rings. The number of hydrogen-bond donors (Lipinski definition) is 1. The zero-order valence-corrected chi connectivity index (χ0v) is 13.7. The number of methoxy groups -OCH3 is 1. The summed E-state index contributed by atoms with van der Waals surface area (Å²) in [6.07, 6.45) is 0. The molecule has 0 aliphatic heterocycles. The fourth-order valence-corrected chi connectivity index (χ4v) is 2.36. The van der Waals surface area contributed by atoms with Crippen LogP contribution in [0.3, 0.4) is 0 Å². The molecule has 0 fully saturated rings. The second-order valence-corrected chi connectivity index (χ2v) is 5.46. The van der Waals surface area contributed by atoms with Crippen LogP contribution in [-0.2, 0) is 0 Å². The van der Waals surface area contributed by atoms with Crippen LogP contribution < -0.4 is 10.1 Å². The monoisotopic (exact) mass is 323 g/mol. The second kappa shape index (κ2) is 6.54. The summed E-state index contributed by atoms with van der Waals surface area (Å²) < 4.78 is 10.0. The smallest absolute Gasteiger partial charge is 0.256 e. The third kappa shape index (κ3) is 3.12. The molecule has 0 unspecified atom stereocenters. The van der Waals surface area contributed by atoms with Gasteiger partial charge >= 0.3 is 0 Å². The van der Waals surface area contributed by atoms with Gasteiger partial charge in [0.25, 0.3) is 5.91 Å². The summed E-state index contributed by atoms with van der Waals surface area (Å²) in [6, 6.07) is 12.8. The number of aryl methyl sites for hydroxylation is 2. The van der Waals surface area contributed by atoms with Gasteiger partial charge in [0.2, 0.25) is 5.82 Å². The summed E-state index contributed by atoms with van der Waals surface area (Å²) in [5.41, 5.74) is 3.87. The molecule has 1 aromatic heterocycles. The zero-order valence-electron chi connectivity index (χ0n) is 13.7. The van der Waals surface area contributed by atoms with Crippen molar-refractivity contribution in [3.05, 3.63) is 59.2 Å². The number of ether oxygens (including phenoxy) is 1. The molecule has 0 saturated carbocycles. The van der Waals surface area contributed by atoms with Gasteiger partial charge in [0.05, 0.1) is 7.11 Å². The van der Waals surface area contributed by atoms with Crippen molar-refractivity contribution in [2.24, 2.45) is 0 Å². The number of carbonyl (C=O) groups is 1. The minimum absolute atomic E-state index is 0.266. The number of hydrogen-bond acceptors (Lipinski definition) is 5. The maximum atomic E-state index is 12.4. The van der Waals surface area contributed by atoms with Gasteiger partial charge < -0.3 is 10.1 Å². The average molecular weight is 323 g/mol. The van der Waals surface area contributed by atoms with E-state index in [0.717, 1.165) is 22.4 Å². The predicted molar refractivity (Wildman–Crippen MR) is 90.2 cm³/mol. The molecule has 1 amide bonds. The highest BCUT2D eigenvalue weighted by molar-refractivity contribution is 6.05. The Kier molecular flexibility index (Phi) is 4.29. The molecule has 0 aliphatic carbocycles. The van der Waals surface area contributed by atoms with Gasteiger partial charge in [-0.1, -0.05) is 17.7 Å². The van der Waals surface area contributed by atoms with Crippen LogP contribution in [0.4, 0.5) is 5.82 Å². The molecule has 6 nitrogen and oxygen atoms in total. The molecule has 3 aromatic rings.